The first-order valence-electron chi connectivity index (χ1n) is 8.99. The molecule has 2 aliphatic rings. The molecule has 4 heterocycles. The standard InChI is InChI=1S/C18H24N6O/c1-2-20-18-21-10-15-12-24(25,11-14-5-7-19-8-6-14)13-16-4-3-9-23(16)17(15)22-18/h5-8,10,16H,2-4,9,11-13H2,1H3,(H,20,21,22). The van der Waals surface area contributed by atoms with E-state index < -0.39 is 0 Å². The van der Waals surface area contributed by atoms with Crippen LogP contribution in [0.5, 0.6) is 0 Å². The van der Waals surface area contributed by atoms with Gasteiger partial charge in [0.15, 0.2) is 0 Å². The molecule has 1 fully saturated rings. The summed E-state index contributed by atoms with van der Waals surface area (Å²) in [6.45, 7) is 5.25. The third kappa shape index (κ3) is 3.29. The van der Waals surface area contributed by atoms with Gasteiger partial charge in [0.2, 0.25) is 5.95 Å². The van der Waals surface area contributed by atoms with E-state index in [1.807, 2.05) is 25.3 Å². The van der Waals surface area contributed by atoms with Gasteiger partial charge < -0.3 is 20.1 Å². The lowest BCUT2D eigenvalue weighted by Gasteiger charge is -2.43. The van der Waals surface area contributed by atoms with E-state index in [-0.39, 0.29) is 10.7 Å². The van der Waals surface area contributed by atoms with Gasteiger partial charge in [0, 0.05) is 37.2 Å². The van der Waals surface area contributed by atoms with Crippen LogP contribution in [-0.4, -0.2) is 45.3 Å². The first-order valence-corrected chi connectivity index (χ1v) is 8.99. The Hall–Kier alpha value is -2.25. The number of rotatable bonds is 4. The fraction of sp³-hybridized carbons (Fsp3) is 0.500. The molecule has 1 saturated heterocycles. The van der Waals surface area contributed by atoms with Gasteiger partial charge in [-0.25, -0.2) is 4.98 Å². The molecule has 0 aromatic carbocycles. The summed E-state index contributed by atoms with van der Waals surface area (Å²) in [6.07, 6.45) is 7.50. The molecule has 4 rings (SSSR count). The molecule has 0 aliphatic carbocycles. The minimum atomic E-state index is -0.262. The van der Waals surface area contributed by atoms with Crippen LogP contribution in [0.1, 0.15) is 30.9 Å². The van der Waals surface area contributed by atoms with E-state index >= 15 is 0 Å². The number of hydroxylamine groups is 3. The Bertz CT molecular complexity index is 740. The summed E-state index contributed by atoms with van der Waals surface area (Å²) in [6, 6.07) is 4.12. The highest BCUT2D eigenvalue weighted by Gasteiger charge is 2.38. The van der Waals surface area contributed by atoms with Gasteiger partial charge in [-0.1, -0.05) is 0 Å². The first kappa shape index (κ1) is 16.2. The van der Waals surface area contributed by atoms with Gasteiger partial charge in [0.05, 0.1) is 18.2 Å². The van der Waals surface area contributed by atoms with E-state index in [1.165, 1.54) is 0 Å². The molecule has 0 spiro atoms. The van der Waals surface area contributed by atoms with Crippen molar-refractivity contribution in [2.45, 2.75) is 38.9 Å². The highest BCUT2D eigenvalue weighted by Crippen LogP contribution is 2.35. The number of pyridine rings is 1. The van der Waals surface area contributed by atoms with Crippen LogP contribution in [0.25, 0.3) is 0 Å². The van der Waals surface area contributed by atoms with Crippen LogP contribution in [0.3, 0.4) is 0 Å². The van der Waals surface area contributed by atoms with Crippen LogP contribution in [-0.2, 0) is 13.1 Å². The molecule has 25 heavy (non-hydrogen) atoms. The second-order valence-electron chi connectivity index (χ2n) is 6.97. The van der Waals surface area contributed by atoms with Crippen molar-refractivity contribution < 1.29 is 4.65 Å². The number of nitrogens with one attached hydrogen (secondary N) is 1. The SMILES string of the molecule is CCNc1ncc2c(n1)N1CCCC1C[N+]([O-])(Cc1ccncc1)C2. The molecule has 2 aromatic heterocycles. The van der Waals surface area contributed by atoms with Crippen LogP contribution in [0.2, 0.25) is 0 Å². The lowest BCUT2D eigenvalue weighted by atomic mass is 10.1. The quantitative estimate of drug-likeness (QED) is 0.680. The molecule has 0 bridgehead atoms. The lowest BCUT2D eigenvalue weighted by molar-refractivity contribution is -0.907. The van der Waals surface area contributed by atoms with E-state index in [9.17, 15) is 5.21 Å². The van der Waals surface area contributed by atoms with E-state index in [4.69, 9.17) is 4.98 Å². The smallest absolute Gasteiger partial charge is 0.224 e. The van der Waals surface area contributed by atoms with Crippen LogP contribution in [0.4, 0.5) is 11.8 Å². The lowest BCUT2D eigenvalue weighted by Crippen LogP contribution is -2.47. The Morgan fingerprint density at radius 2 is 2.20 bits per heavy atom. The van der Waals surface area contributed by atoms with Crippen molar-refractivity contribution in [2.75, 3.05) is 29.9 Å². The minimum absolute atomic E-state index is 0.255. The number of nitrogens with zero attached hydrogens (tertiary/aromatic N) is 5. The predicted molar refractivity (Wildman–Crippen MR) is 96.7 cm³/mol. The maximum Gasteiger partial charge on any atom is 0.224 e. The Balaban J connectivity index is 1.69. The summed E-state index contributed by atoms with van der Waals surface area (Å²) >= 11 is 0. The van der Waals surface area contributed by atoms with Crippen LogP contribution >= 0.6 is 0 Å². The molecule has 0 saturated carbocycles. The summed E-state index contributed by atoms with van der Waals surface area (Å²) in [5.41, 5.74) is 1.98. The molecule has 0 amide bonds. The molecule has 7 nitrogen and oxygen atoms in total. The minimum Gasteiger partial charge on any atom is -0.632 e. The largest absolute Gasteiger partial charge is 0.632 e. The molecule has 132 valence electrons. The summed E-state index contributed by atoms with van der Waals surface area (Å²) in [4.78, 5) is 15.5. The van der Waals surface area contributed by atoms with E-state index in [0.29, 0.717) is 25.6 Å². The number of aromatic nitrogens is 3. The number of anilines is 2. The van der Waals surface area contributed by atoms with E-state index in [2.05, 4.69) is 20.2 Å². The van der Waals surface area contributed by atoms with Crippen molar-refractivity contribution in [3.8, 4) is 0 Å². The monoisotopic (exact) mass is 340 g/mol. The molecule has 2 aliphatic heterocycles. The van der Waals surface area contributed by atoms with Gasteiger partial charge in [0.1, 0.15) is 18.9 Å². The van der Waals surface area contributed by atoms with Gasteiger partial charge in [-0.05, 0) is 31.9 Å². The molecule has 2 aromatic rings. The molecule has 2 atom stereocenters. The zero-order valence-corrected chi connectivity index (χ0v) is 14.6. The summed E-state index contributed by atoms with van der Waals surface area (Å²) in [5.74, 6) is 1.59. The Kier molecular flexibility index (Phi) is 4.27. The summed E-state index contributed by atoms with van der Waals surface area (Å²) in [5, 5.41) is 16.8. The molecule has 7 heteroatoms. The van der Waals surface area contributed by atoms with Gasteiger partial charge >= 0.3 is 0 Å². The maximum absolute atomic E-state index is 13.6. The molecule has 0 radical (unpaired) electrons. The fourth-order valence-electron chi connectivity index (χ4n) is 4.01. The number of hydrogen-bond acceptors (Lipinski definition) is 6. The average molecular weight is 340 g/mol. The second kappa shape index (κ2) is 6.57. The topological polar surface area (TPSA) is 77.0 Å². The van der Waals surface area contributed by atoms with E-state index in [1.54, 1.807) is 12.4 Å². The Morgan fingerprint density at radius 3 is 3.00 bits per heavy atom. The van der Waals surface area contributed by atoms with Gasteiger partial charge in [0.25, 0.3) is 0 Å². The maximum atomic E-state index is 13.6. The van der Waals surface area contributed by atoms with Gasteiger partial charge in [-0.2, -0.15) is 4.98 Å². The molecule has 1 N–H and O–H groups in total. The van der Waals surface area contributed by atoms with E-state index in [0.717, 1.165) is 42.9 Å². The zero-order chi connectivity index (χ0) is 17.3. The third-order valence-electron chi connectivity index (χ3n) is 5.05. The van der Waals surface area contributed by atoms with Crippen molar-refractivity contribution in [1.29, 1.82) is 0 Å². The molecular weight excluding hydrogens is 316 g/mol. The number of fused-ring (bicyclic) bond motifs is 3. The van der Waals surface area contributed by atoms with Crippen molar-refractivity contribution in [1.82, 2.24) is 15.0 Å². The summed E-state index contributed by atoms with van der Waals surface area (Å²) in [7, 11) is 0. The van der Waals surface area contributed by atoms with Crippen LogP contribution in [0.15, 0.2) is 30.7 Å². The third-order valence-corrected chi connectivity index (χ3v) is 5.05. The number of quaternary nitrogens is 1. The highest BCUT2D eigenvalue weighted by molar-refractivity contribution is 5.51. The first-order chi connectivity index (χ1) is 12.2. The number of hydrogen-bond donors (Lipinski definition) is 1. The van der Waals surface area contributed by atoms with Crippen LogP contribution < -0.4 is 10.2 Å². The fourth-order valence-corrected chi connectivity index (χ4v) is 4.01. The highest BCUT2D eigenvalue weighted by atomic mass is 16.5. The summed E-state index contributed by atoms with van der Waals surface area (Å²) < 4.78 is -0.262. The van der Waals surface area contributed by atoms with Gasteiger partial charge in [-0.3, -0.25) is 4.98 Å². The Morgan fingerprint density at radius 1 is 1.36 bits per heavy atom. The molecule has 2 unspecified atom stereocenters. The zero-order valence-electron chi connectivity index (χ0n) is 14.6. The van der Waals surface area contributed by atoms with Crippen molar-refractivity contribution >= 4 is 11.8 Å². The molecular formula is C18H24N6O. The predicted octanol–water partition coefficient (Wildman–Crippen LogP) is 2.30. The Labute approximate surface area is 147 Å². The van der Waals surface area contributed by atoms with Crippen molar-refractivity contribution in [3.05, 3.63) is 47.1 Å². The average Bonchev–Trinajstić information content (AvgIpc) is 3.00. The van der Waals surface area contributed by atoms with Crippen molar-refractivity contribution in [2.24, 2.45) is 0 Å². The van der Waals surface area contributed by atoms with Crippen molar-refractivity contribution in [3.63, 3.8) is 0 Å². The van der Waals surface area contributed by atoms with Crippen LogP contribution in [0, 0.1) is 5.21 Å². The second-order valence-corrected chi connectivity index (χ2v) is 6.97. The van der Waals surface area contributed by atoms with Gasteiger partial charge in [-0.15, -0.1) is 0 Å². The normalized spacial score (nSPS) is 25.2.